The molecule has 1 aliphatic heterocycles. The molecule has 1 aliphatic rings. The summed E-state index contributed by atoms with van der Waals surface area (Å²) in [4.78, 5) is 76.7. The zero-order chi connectivity index (χ0) is 48.3. The van der Waals surface area contributed by atoms with E-state index in [1.807, 2.05) is 36.4 Å². The summed E-state index contributed by atoms with van der Waals surface area (Å²) < 4.78 is 12.2. The number of nitrogens with zero attached hydrogens (tertiary/aromatic N) is 3. The number of aromatic nitrogens is 1. The van der Waals surface area contributed by atoms with Gasteiger partial charge < -0.3 is 48.4 Å². The Kier molecular flexibility index (Phi) is 17.2. The molecule has 0 radical (unpaired) electrons. The number of nitriles is 1. The zero-order valence-electron chi connectivity index (χ0n) is 38.5. The van der Waals surface area contributed by atoms with Crippen LogP contribution in [0.4, 0.5) is 11.5 Å². The molecular formula is C50H63N9O7. The first-order valence-electron chi connectivity index (χ1n) is 22.2. The zero-order valence-corrected chi connectivity index (χ0v) is 38.5. The van der Waals surface area contributed by atoms with Crippen LogP contribution in [-0.2, 0) is 31.0 Å². The van der Waals surface area contributed by atoms with Crippen molar-refractivity contribution in [1.29, 1.82) is 5.26 Å². The smallest absolute Gasteiger partial charge is 0.226 e. The summed E-state index contributed by atoms with van der Waals surface area (Å²) >= 11 is 0. The van der Waals surface area contributed by atoms with Crippen LogP contribution in [-0.4, -0.2) is 85.0 Å². The number of Topliss-reactive ketones (excluding diaryl/α,β-unsaturated/α-hetero) is 3. The van der Waals surface area contributed by atoms with Gasteiger partial charge in [-0.3, -0.25) is 24.0 Å². The first-order valence-corrected chi connectivity index (χ1v) is 22.2. The monoisotopic (exact) mass is 901 g/mol. The van der Waals surface area contributed by atoms with Crippen molar-refractivity contribution in [3.63, 3.8) is 0 Å². The minimum atomic E-state index is -1.28. The molecular weight excluding hydrogens is 839 g/mol. The van der Waals surface area contributed by atoms with Gasteiger partial charge in [-0.05, 0) is 71.8 Å². The number of fused-ring (bicyclic) bond motifs is 5. The van der Waals surface area contributed by atoms with Crippen LogP contribution in [0.3, 0.4) is 0 Å². The molecule has 0 saturated heterocycles. The molecule has 66 heavy (non-hydrogen) atoms. The summed E-state index contributed by atoms with van der Waals surface area (Å²) in [5, 5.41) is 12.1. The molecule has 0 spiro atoms. The molecule has 4 atom stereocenters. The summed E-state index contributed by atoms with van der Waals surface area (Å²) in [5.74, 6) is -3.70. The third-order valence-corrected chi connectivity index (χ3v) is 11.7. The van der Waals surface area contributed by atoms with Gasteiger partial charge in [0.2, 0.25) is 11.8 Å². The van der Waals surface area contributed by atoms with Crippen molar-refractivity contribution in [2.75, 3.05) is 51.4 Å². The molecule has 16 nitrogen and oxygen atoms in total. The molecule has 4 bridgehead atoms. The number of hydrogen-bond acceptors (Lipinski definition) is 14. The molecule has 2 heterocycles. The van der Waals surface area contributed by atoms with E-state index in [2.05, 4.69) is 31.1 Å². The lowest BCUT2D eigenvalue weighted by Crippen LogP contribution is -2.46. The van der Waals surface area contributed by atoms with Gasteiger partial charge in [0, 0.05) is 80.0 Å². The van der Waals surface area contributed by atoms with Gasteiger partial charge in [-0.25, -0.2) is 4.98 Å². The average molecular weight is 902 g/mol. The van der Waals surface area contributed by atoms with Crippen LogP contribution in [0.2, 0.25) is 0 Å². The van der Waals surface area contributed by atoms with Crippen molar-refractivity contribution in [3.05, 3.63) is 89.0 Å². The molecule has 0 unspecified atom stereocenters. The number of ketones is 3. The fraction of sp³-hybridized carbons (Fsp3) is 0.420. The van der Waals surface area contributed by atoms with E-state index in [1.54, 1.807) is 43.3 Å². The standard InChI is InChI=1S/C50H63N9O7/c1-29-23-42(62)46(59(5)49(64)33(16-18-52)27-41(61)45-37(55)28-38(57-47(45)56)31-9-12-34(13-10-31)50(2,3)4)32-11-15-44(66-22-20-54)36(26-32)35-24-30(8-14-43(35)65-21-19-53)25-39(58-48(29)63)40(60)7-6-17-51/h8-15,24,26,28-29,33,39,46H,6-7,16,18-23,25,27,52-54H2,1-5H3,(H,58,63)(H4,55,56,57)/t29-,33-,39+,46+/m1/s1. The highest BCUT2D eigenvalue weighted by atomic mass is 16.5. The second-order valence-electron chi connectivity index (χ2n) is 17.8. The molecule has 350 valence electrons. The number of nitrogen functional groups attached to an aromatic ring is 2. The fourth-order valence-electron chi connectivity index (χ4n) is 8.15. The Morgan fingerprint density at radius 1 is 0.894 bits per heavy atom. The van der Waals surface area contributed by atoms with Crippen LogP contribution in [0.5, 0.6) is 11.5 Å². The minimum absolute atomic E-state index is 0.0200. The number of pyridine rings is 1. The quantitative estimate of drug-likeness (QED) is 0.0777. The van der Waals surface area contributed by atoms with Crippen molar-refractivity contribution in [2.24, 2.45) is 29.0 Å². The average Bonchev–Trinajstić information content (AvgIpc) is 3.28. The van der Waals surface area contributed by atoms with Gasteiger partial charge >= 0.3 is 0 Å². The molecule has 11 N–H and O–H groups in total. The Hall–Kier alpha value is -6.67. The normalized spacial score (nSPS) is 16.9. The largest absolute Gasteiger partial charge is 0.492 e. The fourth-order valence-corrected chi connectivity index (χ4v) is 8.15. The molecule has 2 amide bonds. The summed E-state index contributed by atoms with van der Waals surface area (Å²) in [7, 11) is 1.47. The van der Waals surface area contributed by atoms with Crippen LogP contribution in [0.15, 0.2) is 66.7 Å². The number of anilines is 2. The number of likely N-dealkylation sites (N-methyl/N-ethyl adjacent to an activating group) is 1. The number of nitrogens with one attached hydrogen (secondary N) is 1. The Morgan fingerprint density at radius 2 is 1.53 bits per heavy atom. The van der Waals surface area contributed by atoms with Gasteiger partial charge in [0.15, 0.2) is 17.3 Å². The summed E-state index contributed by atoms with van der Waals surface area (Å²) in [6.07, 6.45) is -0.637. The van der Waals surface area contributed by atoms with Gasteiger partial charge in [0.1, 0.15) is 36.6 Å². The van der Waals surface area contributed by atoms with E-state index in [0.717, 1.165) is 11.1 Å². The molecule has 1 aromatic heterocycles. The van der Waals surface area contributed by atoms with E-state index < -0.39 is 47.3 Å². The lowest BCUT2D eigenvalue weighted by atomic mass is 9.86. The number of hydrogen-bond donors (Lipinski definition) is 6. The van der Waals surface area contributed by atoms with Crippen molar-refractivity contribution in [3.8, 4) is 40.0 Å². The number of rotatable bonds is 17. The van der Waals surface area contributed by atoms with Crippen molar-refractivity contribution < 1.29 is 33.4 Å². The third kappa shape index (κ3) is 12.2. The van der Waals surface area contributed by atoms with Crippen molar-refractivity contribution in [2.45, 2.75) is 83.7 Å². The highest BCUT2D eigenvalue weighted by Gasteiger charge is 2.36. The van der Waals surface area contributed by atoms with Crippen molar-refractivity contribution in [1.82, 2.24) is 15.2 Å². The number of carbonyl (C=O) groups is 5. The second-order valence-corrected chi connectivity index (χ2v) is 17.8. The lowest BCUT2D eigenvalue weighted by Gasteiger charge is -2.32. The SMILES string of the molecule is C[C@@H]1CC(=O)[C@@H](N(C)C(=O)[C@H](CCN)CC(=O)c2c(N)cc(-c3ccc(C(C)(C)C)cc3)nc2N)c2ccc(OCCN)c(c2)-c2cc(ccc2OCCN)C[C@@H](C(=O)CCC#N)NC1=O. The third-order valence-electron chi connectivity index (χ3n) is 11.7. The Balaban J connectivity index is 1.57. The Morgan fingerprint density at radius 3 is 2.12 bits per heavy atom. The number of carbonyl (C=O) groups excluding carboxylic acids is 5. The van der Waals surface area contributed by atoms with Crippen LogP contribution >= 0.6 is 0 Å². The van der Waals surface area contributed by atoms with E-state index in [1.165, 1.54) is 11.9 Å². The van der Waals surface area contributed by atoms with Gasteiger partial charge in [-0.15, -0.1) is 0 Å². The number of benzene rings is 3. The van der Waals surface area contributed by atoms with Gasteiger partial charge in [0.05, 0.1) is 23.4 Å². The number of ether oxygens (including phenoxy) is 2. The Bertz CT molecular complexity index is 2440. The van der Waals surface area contributed by atoms with Crippen molar-refractivity contribution >= 4 is 40.7 Å². The van der Waals surface area contributed by atoms with Crippen LogP contribution in [0, 0.1) is 23.2 Å². The molecule has 16 heteroatoms. The molecule has 0 fully saturated rings. The summed E-state index contributed by atoms with van der Waals surface area (Å²) in [5.41, 5.74) is 35.1. The van der Waals surface area contributed by atoms with E-state index in [4.69, 9.17) is 38.1 Å². The maximum absolute atomic E-state index is 14.8. The predicted octanol–water partition coefficient (Wildman–Crippen LogP) is 4.80. The highest BCUT2D eigenvalue weighted by molar-refractivity contribution is 6.07. The second kappa shape index (κ2) is 22.5. The molecule has 4 aromatic rings. The highest BCUT2D eigenvalue weighted by Crippen LogP contribution is 2.41. The maximum Gasteiger partial charge on any atom is 0.226 e. The van der Waals surface area contributed by atoms with E-state index in [-0.39, 0.29) is 99.6 Å². The predicted molar refractivity (Wildman–Crippen MR) is 254 cm³/mol. The molecule has 0 aliphatic carbocycles. The first kappa shape index (κ1) is 50.3. The first-order chi connectivity index (χ1) is 31.4. The summed E-state index contributed by atoms with van der Waals surface area (Å²) in [6, 6.07) is 19.5. The minimum Gasteiger partial charge on any atom is -0.492 e. The number of amides is 2. The Labute approximate surface area is 386 Å². The van der Waals surface area contributed by atoms with E-state index in [9.17, 15) is 29.2 Å². The molecule has 0 saturated carbocycles. The van der Waals surface area contributed by atoms with Crippen LogP contribution < -0.4 is 43.5 Å². The lowest BCUT2D eigenvalue weighted by molar-refractivity contribution is -0.142. The van der Waals surface area contributed by atoms with Crippen LogP contribution in [0.1, 0.15) is 92.9 Å². The summed E-state index contributed by atoms with van der Waals surface area (Å²) in [6.45, 7) is 8.66. The van der Waals surface area contributed by atoms with Gasteiger partial charge in [0.25, 0.3) is 0 Å². The van der Waals surface area contributed by atoms with E-state index >= 15 is 0 Å². The van der Waals surface area contributed by atoms with E-state index in [0.29, 0.717) is 39.4 Å². The van der Waals surface area contributed by atoms with Crippen LogP contribution in [0.25, 0.3) is 22.4 Å². The molecule has 3 aromatic carbocycles. The topological polar surface area (TPSA) is 286 Å². The maximum atomic E-state index is 14.8. The van der Waals surface area contributed by atoms with Gasteiger partial charge in [-0.1, -0.05) is 64.1 Å². The number of nitrogens with two attached hydrogens (primary N) is 5. The van der Waals surface area contributed by atoms with Gasteiger partial charge in [-0.2, -0.15) is 5.26 Å². The molecule has 5 rings (SSSR count).